The van der Waals surface area contributed by atoms with Gasteiger partial charge in [0.1, 0.15) is 18.2 Å². The summed E-state index contributed by atoms with van der Waals surface area (Å²) in [7, 11) is 0. The number of carbonyl (C=O) groups is 1. The fourth-order valence-corrected chi connectivity index (χ4v) is 1.54. The van der Waals surface area contributed by atoms with E-state index in [4.69, 9.17) is 22.1 Å². The van der Waals surface area contributed by atoms with Crippen LogP contribution in [-0.2, 0) is 9.53 Å². The van der Waals surface area contributed by atoms with Gasteiger partial charge in [-0.15, -0.1) is 0 Å². The van der Waals surface area contributed by atoms with Crippen molar-refractivity contribution in [3.05, 3.63) is 66.1 Å². The lowest BCUT2D eigenvalue weighted by molar-refractivity contribution is -0.116. The summed E-state index contributed by atoms with van der Waals surface area (Å²) in [6, 6.07) is 3.44. The summed E-state index contributed by atoms with van der Waals surface area (Å²) < 4.78 is 5.37. The van der Waals surface area contributed by atoms with E-state index in [2.05, 4.69) is 23.5 Å². The van der Waals surface area contributed by atoms with Gasteiger partial charge in [-0.1, -0.05) is 24.8 Å². The SMILES string of the molecule is C=C/C(Cl)=C(\C=C)OCCNC(=O)/C=C/c1ccc(N)nc1. The number of halogens is 1. The molecule has 1 aromatic heterocycles. The first-order valence-electron chi connectivity index (χ1n) is 6.51. The summed E-state index contributed by atoms with van der Waals surface area (Å²) in [5.41, 5.74) is 6.26. The molecule has 6 heteroatoms. The average Bonchev–Trinajstić information content (AvgIpc) is 2.53. The highest BCUT2D eigenvalue weighted by atomic mass is 35.5. The zero-order valence-electron chi connectivity index (χ0n) is 12.1. The number of hydrogen-bond acceptors (Lipinski definition) is 4. The Morgan fingerprint density at radius 3 is 2.77 bits per heavy atom. The van der Waals surface area contributed by atoms with Crippen LogP contribution in [0.4, 0.5) is 5.82 Å². The van der Waals surface area contributed by atoms with E-state index in [-0.39, 0.29) is 12.5 Å². The molecule has 0 saturated carbocycles. The number of amides is 1. The van der Waals surface area contributed by atoms with Crippen LogP contribution in [0, 0.1) is 0 Å². The number of rotatable bonds is 8. The Bertz CT molecular complexity index is 592. The number of pyridine rings is 1. The van der Waals surface area contributed by atoms with Gasteiger partial charge in [0, 0.05) is 12.3 Å². The summed E-state index contributed by atoms with van der Waals surface area (Å²) in [5, 5.41) is 3.05. The van der Waals surface area contributed by atoms with Crippen molar-refractivity contribution in [1.29, 1.82) is 0 Å². The Morgan fingerprint density at radius 2 is 2.18 bits per heavy atom. The molecule has 0 saturated heterocycles. The molecule has 0 spiro atoms. The highest BCUT2D eigenvalue weighted by Crippen LogP contribution is 2.12. The van der Waals surface area contributed by atoms with Crippen LogP contribution in [0.1, 0.15) is 5.56 Å². The molecule has 0 aliphatic carbocycles. The second-order valence-corrected chi connectivity index (χ2v) is 4.52. The van der Waals surface area contributed by atoms with Crippen LogP contribution in [0.15, 0.2) is 60.5 Å². The van der Waals surface area contributed by atoms with Crippen LogP contribution >= 0.6 is 11.6 Å². The van der Waals surface area contributed by atoms with Crippen LogP contribution in [-0.4, -0.2) is 24.0 Å². The minimum Gasteiger partial charge on any atom is -0.490 e. The molecule has 0 radical (unpaired) electrons. The van der Waals surface area contributed by atoms with Crippen molar-refractivity contribution in [2.45, 2.75) is 0 Å². The van der Waals surface area contributed by atoms with Gasteiger partial charge in [0.15, 0.2) is 0 Å². The third-order valence-electron chi connectivity index (χ3n) is 2.50. The second-order valence-electron chi connectivity index (χ2n) is 4.11. The molecule has 3 N–H and O–H groups in total. The van der Waals surface area contributed by atoms with Crippen LogP contribution < -0.4 is 11.1 Å². The van der Waals surface area contributed by atoms with Gasteiger partial charge in [-0.25, -0.2) is 4.98 Å². The van der Waals surface area contributed by atoms with Gasteiger partial charge in [-0.2, -0.15) is 0 Å². The number of aromatic nitrogens is 1. The molecule has 1 amide bonds. The molecule has 1 heterocycles. The van der Waals surface area contributed by atoms with Gasteiger partial charge in [0.25, 0.3) is 0 Å². The topological polar surface area (TPSA) is 77.2 Å². The Balaban J connectivity index is 2.36. The average molecular weight is 320 g/mol. The lowest BCUT2D eigenvalue weighted by Crippen LogP contribution is -2.25. The second kappa shape index (κ2) is 9.41. The Hall–Kier alpha value is -2.53. The molecule has 5 nitrogen and oxygen atoms in total. The molecule has 0 aliphatic rings. The maximum atomic E-state index is 11.6. The number of carbonyl (C=O) groups excluding carboxylic acids is 1. The lowest BCUT2D eigenvalue weighted by Gasteiger charge is -2.08. The van der Waals surface area contributed by atoms with Crippen LogP contribution in [0.3, 0.4) is 0 Å². The van der Waals surface area contributed by atoms with Gasteiger partial charge < -0.3 is 15.8 Å². The van der Waals surface area contributed by atoms with Crippen LogP contribution in [0.5, 0.6) is 0 Å². The number of nitrogens with two attached hydrogens (primary N) is 1. The zero-order chi connectivity index (χ0) is 16.4. The quantitative estimate of drug-likeness (QED) is 0.334. The van der Waals surface area contributed by atoms with Gasteiger partial charge in [-0.3, -0.25) is 4.79 Å². The first-order valence-corrected chi connectivity index (χ1v) is 6.89. The predicted molar refractivity (Wildman–Crippen MR) is 89.9 cm³/mol. The Morgan fingerprint density at radius 1 is 1.41 bits per heavy atom. The van der Waals surface area contributed by atoms with Crippen LogP contribution in [0.2, 0.25) is 0 Å². The highest BCUT2D eigenvalue weighted by Gasteiger charge is 2.00. The lowest BCUT2D eigenvalue weighted by atomic mass is 10.2. The number of nitrogens with one attached hydrogen (secondary N) is 1. The number of anilines is 1. The molecule has 0 aromatic carbocycles. The maximum absolute atomic E-state index is 11.6. The summed E-state index contributed by atoms with van der Waals surface area (Å²) in [5.74, 6) is 0.622. The van der Waals surface area contributed by atoms with Crippen molar-refractivity contribution in [1.82, 2.24) is 10.3 Å². The van der Waals surface area contributed by atoms with Crippen molar-refractivity contribution in [2.24, 2.45) is 0 Å². The Kier molecular flexibility index (Phi) is 7.50. The van der Waals surface area contributed by atoms with Gasteiger partial charge in [0.2, 0.25) is 5.91 Å². The molecular weight excluding hydrogens is 302 g/mol. The molecule has 1 rings (SSSR count). The number of ether oxygens (including phenoxy) is 1. The van der Waals surface area contributed by atoms with E-state index in [1.807, 2.05) is 0 Å². The molecule has 0 bridgehead atoms. The standard InChI is InChI=1S/C16H18ClN3O2/c1-3-13(17)14(4-2)22-10-9-19-16(21)8-6-12-5-7-15(18)20-11-12/h3-8,11H,1-2,9-10H2,(H2,18,20)(H,19,21)/b8-6+,14-13-. The van der Waals surface area contributed by atoms with E-state index < -0.39 is 0 Å². The van der Waals surface area contributed by atoms with Crippen molar-refractivity contribution in [3.63, 3.8) is 0 Å². The fraction of sp³-hybridized carbons (Fsp3) is 0.125. The minimum atomic E-state index is -0.237. The van der Waals surface area contributed by atoms with Gasteiger partial charge in [-0.05, 0) is 35.9 Å². The molecule has 0 aliphatic heterocycles. The van der Waals surface area contributed by atoms with E-state index in [0.717, 1.165) is 5.56 Å². The molecule has 0 atom stereocenters. The van der Waals surface area contributed by atoms with Crippen molar-refractivity contribution in [3.8, 4) is 0 Å². The summed E-state index contributed by atoms with van der Waals surface area (Å²) in [4.78, 5) is 15.5. The van der Waals surface area contributed by atoms with Crippen molar-refractivity contribution >= 4 is 29.4 Å². The van der Waals surface area contributed by atoms with Crippen molar-refractivity contribution in [2.75, 3.05) is 18.9 Å². The van der Waals surface area contributed by atoms with E-state index >= 15 is 0 Å². The number of hydrogen-bond donors (Lipinski definition) is 2. The minimum absolute atomic E-state index is 0.237. The summed E-state index contributed by atoms with van der Waals surface area (Å²) >= 11 is 5.85. The van der Waals surface area contributed by atoms with Crippen molar-refractivity contribution < 1.29 is 9.53 Å². The van der Waals surface area contributed by atoms with Gasteiger partial charge >= 0.3 is 0 Å². The molecule has 0 unspecified atom stereocenters. The zero-order valence-corrected chi connectivity index (χ0v) is 12.8. The smallest absolute Gasteiger partial charge is 0.244 e. The predicted octanol–water partition coefficient (Wildman–Crippen LogP) is 2.63. The summed E-state index contributed by atoms with van der Waals surface area (Å²) in [6.45, 7) is 7.73. The first-order chi connectivity index (χ1) is 10.6. The number of nitrogens with zero attached hydrogens (tertiary/aromatic N) is 1. The fourth-order valence-electron chi connectivity index (χ4n) is 1.41. The third kappa shape index (κ3) is 6.28. The molecule has 116 valence electrons. The van der Waals surface area contributed by atoms with E-state index in [1.54, 1.807) is 24.4 Å². The number of allylic oxidation sites excluding steroid dienone is 3. The van der Waals surface area contributed by atoms with E-state index in [0.29, 0.717) is 23.2 Å². The Labute approximate surface area is 134 Å². The highest BCUT2D eigenvalue weighted by molar-refractivity contribution is 6.31. The normalized spacial score (nSPS) is 11.7. The maximum Gasteiger partial charge on any atom is 0.244 e. The molecule has 0 fully saturated rings. The van der Waals surface area contributed by atoms with E-state index in [1.165, 1.54) is 18.2 Å². The van der Waals surface area contributed by atoms with E-state index in [9.17, 15) is 4.79 Å². The molecular formula is C16H18ClN3O2. The van der Waals surface area contributed by atoms with Crippen LogP contribution in [0.25, 0.3) is 6.08 Å². The third-order valence-corrected chi connectivity index (χ3v) is 2.84. The first kappa shape index (κ1) is 17.5. The molecule has 1 aromatic rings. The molecule has 22 heavy (non-hydrogen) atoms. The summed E-state index contributed by atoms with van der Waals surface area (Å²) in [6.07, 6.45) is 7.58. The number of nitrogen functional groups attached to an aromatic ring is 1. The van der Waals surface area contributed by atoms with Gasteiger partial charge in [0.05, 0.1) is 11.6 Å². The monoisotopic (exact) mass is 319 g/mol. The largest absolute Gasteiger partial charge is 0.490 e.